The Balaban J connectivity index is 1.90. The van der Waals surface area contributed by atoms with Gasteiger partial charge in [-0.2, -0.15) is 0 Å². The van der Waals surface area contributed by atoms with Gasteiger partial charge in [0.15, 0.2) is 0 Å². The fourth-order valence-electron chi connectivity index (χ4n) is 2.48. The average Bonchev–Trinajstić information content (AvgIpc) is 2.46. The number of ether oxygens (including phenoxy) is 1. The zero-order valence-corrected chi connectivity index (χ0v) is 12.1. The maximum absolute atomic E-state index is 5.41. The molecule has 1 saturated heterocycles. The fourth-order valence-corrected chi connectivity index (χ4v) is 2.48. The van der Waals surface area contributed by atoms with Crippen LogP contribution in [0.1, 0.15) is 31.2 Å². The molecule has 0 spiro atoms. The molecule has 19 heavy (non-hydrogen) atoms. The predicted molar refractivity (Wildman–Crippen MR) is 76.9 cm³/mol. The maximum atomic E-state index is 5.41. The van der Waals surface area contributed by atoms with Gasteiger partial charge in [-0.05, 0) is 38.6 Å². The monoisotopic (exact) mass is 263 g/mol. The van der Waals surface area contributed by atoms with Gasteiger partial charge >= 0.3 is 0 Å². The Morgan fingerprint density at radius 1 is 1.32 bits per heavy atom. The Kier molecular flexibility index (Phi) is 5.76. The van der Waals surface area contributed by atoms with E-state index in [-0.39, 0.29) is 0 Å². The van der Waals surface area contributed by atoms with Crippen LogP contribution in [0, 0.1) is 0 Å². The van der Waals surface area contributed by atoms with Crippen molar-refractivity contribution in [3.63, 3.8) is 0 Å². The SMILES string of the molecule is CCNCc1cccc(CN(C)C2CCOCC2)n1. The topological polar surface area (TPSA) is 37.4 Å². The molecule has 2 heterocycles. The summed E-state index contributed by atoms with van der Waals surface area (Å²) in [5.41, 5.74) is 2.28. The first-order valence-electron chi connectivity index (χ1n) is 7.23. The zero-order valence-electron chi connectivity index (χ0n) is 12.1. The van der Waals surface area contributed by atoms with Crippen LogP contribution in [0.2, 0.25) is 0 Å². The van der Waals surface area contributed by atoms with Gasteiger partial charge in [0.1, 0.15) is 0 Å². The third kappa shape index (κ3) is 4.56. The predicted octanol–water partition coefficient (Wildman–Crippen LogP) is 1.80. The van der Waals surface area contributed by atoms with Crippen LogP contribution in [0.15, 0.2) is 18.2 Å². The van der Waals surface area contributed by atoms with E-state index in [0.717, 1.165) is 57.1 Å². The molecule has 106 valence electrons. The highest BCUT2D eigenvalue weighted by Crippen LogP contribution is 2.15. The van der Waals surface area contributed by atoms with Crippen LogP contribution >= 0.6 is 0 Å². The van der Waals surface area contributed by atoms with Crippen molar-refractivity contribution in [3.8, 4) is 0 Å². The summed E-state index contributed by atoms with van der Waals surface area (Å²) >= 11 is 0. The molecule has 0 atom stereocenters. The molecule has 1 aromatic rings. The van der Waals surface area contributed by atoms with Crippen LogP contribution in [0.3, 0.4) is 0 Å². The van der Waals surface area contributed by atoms with Crippen LogP contribution < -0.4 is 5.32 Å². The number of hydrogen-bond donors (Lipinski definition) is 1. The van der Waals surface area contributed by atoms with Crippen molar-refractivity contribution in [2.24, 2.45) is 0 Å². The number of nitrogens with one attached hydrogen (secondary N) is 1. The van der Waals surface area contributed by atoms with Gasteiger partial charge in [-0.3, -0.25) is 9.88 Å². The van der Waals surface area contributed by atoms with Gasteiger partial charge in [0.2, 0.25) is 0 Å². The summed E-state index contributed by atoms with van der Waals surface area (Å²) in [6, 6.07) is 6.94. The minimum atomic E-state index is 0.632. The molecular weight excluding hydrogens is 238 g/mol. The van der Waals surface area contributed by atoms with Crippen LogP contribution in [0.25, 0.3) is 0 Å². The summed E-state index contributed by atoms with van der Waals surface area (Å²) in [7, 11) is 2.19. The molecule has 2 rings (SSSR count). The summed E-state index contributed by atoms with van der Waals surface area (Å²) < 4.78 is 5.41. The normalized spacial score (nSPS) is 17.0. The fraction of sp³-hybridized carbons (Fsp3) is 0.667. The van der Waals surface area contributed by atoms with Gasteiger partial charge in [-0.25, -0.2) is 0 Å². The summed E-state index contributed by atoms with van der Waals surface area (Å²) in [5.74, 6) is 0. The second-order valence-corrected chi connectivity index (χ2v) is 5.16. The molecule has 0 aliphatic carbocycles. The van der Waals surface area contributed by atoms with E-state index in [9.17, 15) is 0 Å². The highest BCUT2D eigenvalue weighted by molar-refractivity contribution is 5.11. The maximum Gasteiger partial charge on any atom is 0.0547 e. The molecule has 1 aliphatic rings. The van der Waals surface area contributed by atoms with Crippen LogP contribution in [-0.2, 0) is 17.8 Å². The second kappa shape index (κ2) is 7.58. The Labute approximate surface area is 116 Å². The number of pyridine rings is 1. The number of hydrogen-bond acceptors (Lipinski definition) is 4. The van der Waals surface area contributed by atoms with Gasteiger partial charge in [0.25, 0.3) is 0 Å². The van der Waals surface area contributed by atoms with E-state index in [2.05, 4.69) is 42.4 Å². The molecule has 1 fully saturated rings. The molecule has 0 amide bonds. The van der Waals surface area contributed by atoms with Crippen molar-refractivity contribution in [1.29, 1.82) is 0 Å². The Bertz CT molecular complexity index is 377. The van der Waals surface area contributed by atoms with E-state index < -0.39 is 0 Å². The molecule has 0 saturated carbocycles. The lowest BCUT2D eigenvalue weighted by Crippen LogP contribution is -2.36. The summed E-state index contributed by atoms with van der Waals surface area (Å²) in [4.78, 5) is 7.11. The lowest BCUT2D eigenvalue weighted by Gasteiger charge is -2.30. The minimum Gasteiger partial charge on any atom is -0.381 e. The first-order chi connectivity index (χ1) is 9.29. The lowest BCUT2D eigenvalue weighted by atomic mass is 10.1. The molecule has 1 aliphatic heterocycles. The molecule has 0 bridgehead atoms. The molecule has 4 heteroatoms. The van der Waals surface area contributed by atoms with Crippen molar-refractivity contribution in [2.45, 2.75) is 38.9 Å². The van der Waals surface area contributed by atoms with E-state index in [0.29, 0.717) is 6.04 Å². The highest BCUT2D eigenvalue weighted by atomic mass is 16.5. The largest absolute Gasteiger partial charge is 0.381 e. The van der Waals surface area contributed by atoms with Crippen LogP contribution in [-0.4, -0.2) is 42.7 Å². The molecule has 1 N–H and O–H groups in total. The summed E-state index contributed by atoms with van der Waals surface area (Å²) in [6.45, 7) is 6.65. The van der Waals surface area contributed by atoms with Crippen molar-refractivity contribution in [1.82, 2.24) is 15.2 Å². The molecular formula is C15H25N3O. The van der Waals surface area contributed by atoms with Crippen molar-refractivity contribution in [3.05, 3.63) is 29.6 Å². The molecule has 0 unspecified atom stereocenters. The van der Waals surface area contributed by atoms with Gasteiger partial charge in [-0.1, -0.05) is 13.0 Å². The number of rotatable bonds is 6. The van der Waals surface area contributed by atoms with E-state index >= 15 is 0 Å². The van der Waals surface area contributed by atoms with Crippen molar-refractivity contribution in [2.75, 3.05) is 26.8 Å². The van der Waals surface area contributed by atoms with E-state index in [1.165, 1.54) is 0 Å². The van der Waals surface area contributed by atoms with Gasteiger partial charge < -0.3 is 10.1 Å². The molecule has 1 aromatic heterocycles. The van der Waals surface area contributed by atoms with Crippen LogP contribution in [0.5, 0.6) is 0 Å². The minimum absolute atomic E-state index is 0.632. The Hall–Kier alpha value is -0.970. The second-order valence-electron chi connectivity index (χ2n) is 5.16. The van der Waals surface area contributed by atoms with Gasteiger partial charge in [0, 0.05) is 32.3 Å². The highest BCUT2D eigenvalue weighted by Gasteiger charge is 2.18. The molecule has 0 radical (unpaired) electrons. The third-order valence-corrected chi connectivity index (χ3v) is 3.65. The Morgan fingerprint density at radius 3 is 2.79 bits per heavy atom. The average molecular weight is 263 g/mol. The van der Waals surface area contributed by atoms with E-state index in [4.69, 9.17) is 9.72 Å². The molecule has 0 aromatic carbocycles. The zero-order chi connectivity index (χ0) is 13.5. The van der Waals surface area contributed by atoms with Crippen LogP contribution in [0.4, 0.5) is 0 Å². The van der Waals surface area contributed by atoms with E-state index in [1.807, 2.05) is 0 Å². The number of nitrogens with zero attached hydrogens (tertiary/aromatic N) is 2. The van der Waals surface area contributed by atoms with Crippen molar-refractivity contribution >= 4 is 0 Å². The van der Waals surface area contributed by atoms with Crippen molar-refractivity contribution < 1.29 is 4.74 Å². The summed E-state index contributed by atoms with van der Waals surface area (Å²) in [5, 5.41) is 3.32. The van der Waals surface area contributed by atoms with Gasteiger partial charge in [0.05, 0.1) is 11.4 Å². The smallest absolute Gasteiger partial charge is 0.0547 e. The standard InChI is InChI=1S/C15H25N3O/c1-3-16-11-13-5-4-6-14(17-13)12-18(2)15-7-9-19-10-8-15/h4-6,15-16H,3,7-12H2,1-2H3. The first-order valence-corrected chi connectivity index (χ1v) is 7.23. The summed E-state index contributed by atoms with van der Waals surface area (Å²) in [6.07, 6.45) is 2.27. The first kappa shape index (κ1) is 14.4. The van der Waals surface area contributed by atoms with Gasteiger partial charge in [-0.15, -0.1) is 0 Å². The molecule has 4 nitrogen and oxygen atoms in total. The number of aromatic nitrogens is 1. The lowest BCUT2D eigenvalue weighted by molar-refractivity contribution is 0.0403. The quantitative estimate of drug-likeness (QED) is 0.849. The Morgan fingerprint density at radius 2 is 2.05 bits per heavy atom. The van der Waals surface area contributed by atoms with E-state index in [1.54, 1.807) is 0 Å². The third-order valence-electron chi connectivity index (χ3n) is 3.65.